The first-order chi connectivity index (χ1) is 12.2. The van der Waals surface area contributed by atoms with Gasteiger partial charge in [0.05, 0.1) is 7.11 Å². The molecule has 1 atom stereocenters. The van der Waals surface area contributed by atoms with Crippen molar-refractivity contribution in [2.75, 3.05) is 27.2 Å². The Labute approximate surface area is 155 Å². The van der Waals surface area contributed by atoms with Crippen molar-refractivity contribution in [1.82, 2.24) is 4.90 Å². The summed E-state index contributed by atoms with van der Waals surface area (Å²) in [7, 11) is 3.20. The van der Waals surface area contributed by atoms with E-state index in [4.69, 9.17) is 0 Å². The average molecular weight is 363 g/mol. The number of piperidine rings is 1. The molecular weight excluding hydrogens is 334 g/mol. The Kier molecular flexibility index (Phi) is 8.45. The molecule has 0 aromatic heterocycles. The van der Waals surface area contributed by atoms with E-state index in [9.17, 15) is 14.4 Å². The Hall–Kier alpha value is -2.21. The summed E-state index contributed by atoms with van der Waals surface area (Å²) >= 11 is 0. The van der Waals surface area contributed by atoms with Crippen LogP contribution in [0.15, 0.2) is 24.3 Å². The second-order valence-corrected chi connectivity index (χ2v) is 7.38. The van der Waals surface area contributed by atoms with Gasteiger partial charge >= 0.3 is 5.97 Å². The summed E-state index contributed by atoms with van der Waals surface area (Å²) in [6, 6.07) is 8.65. The maximum absolute atomic E-state index is 11.2. The Bertz CT molecular complexity index is 588. The number of benzene rings is 1. The van der Waals surface area contributed by atoms with Crippen LogP contribution >= 0.6 is 0 Å². The van der Waals surface area contributed by atoms with E-state index >= 15 is 0 Å². The summed E-state index contributed by atoms with van der Waals surface area (Å²) in [6.07, 6.45) is 1.67. The number of likely N-dealkylation sites (tertiary alicyclic amines) is 1. The number of hydrogen-bond acceptors (Lipinski definition) is 6. The topological polar surface area (TPSA) is 72.9 Å². The van der Waals surface area contributed by atoms with Gasteiger partial charge in [0, 0.05) is 19.5 Å². The monoisotopic (exact) mass is 363 g/mol. The van der Waals surface area contributed by atoms with Gasteiger partial charge in [0.1, 0.15) is 17.3 Å². The first-order valence-electron chi connectivity index (χ1n) is 8.64. The van der Waals surface area contributed by atoms with Gasteiger partial charge in [-0.05, 0) is 45.4 Å². The smallest absolute Gasteiger partial charge is 0.317 e. The molecule has 6 heteroatoms. The van der Waals surface area contributed by atoms with Crippen LogP contribution in [0.4, 0.5) is 0 Å². The Morgan fingerprint density at radius 2 is 1.85 bits per heavy atom. The minimum atomic E-state index is -0.561. The van der Waals surface area contributed by atoms with E-state index in [1.54, 1.807) is 0 Å². The van der Waals surface area contributed by atoms with Crippen molar-refractivity contribution in [3.8, 4) is 0 Å². The van der Waals surface area contributed by atoms with Crippen molar-refractivity contribution < 1.29 is 23.9 Å². The number of rotatable bonds is 2. The van der Waals surface area contributed by atoms with Gasteiger partial charge in [-0.1, -0.05) is 24.3 Å². The molecule has 3 aliphatic rings. The fourth-order valence-electron chi connectivity index (χ4n) is 2.43. The number of ketones is 1. The van der Waals surface area contributed by atoms with Crippen molar-refractivity contribution in [3.63, 3.8) is 0 Å². The molecule has 0 spiro atoms. The fraction of sp³-hybridized carbons (Fsp3) is 0.550. The second-order valence-electron chi connectivity index (χ2n) is 7.38. The van der Waals surface area contributed by atoms with E-state index in [1.165, 1.54) is 24.7 Å². The van der Waals surface area contributed by atoms with Gasteiger partial charge in [0.15, 0.2) is 0 Å². The molecule has 4 rings (SSSR count). The second kappa shape index (κ2) is 10.1. The maximum atomic E-state index is 11.2. The molecule has 1 aromatic carbocycles. The standard InChI is InChI=1S/C8H13NO3.C7H6.C5H10O2/c1-9-4-3-7(10)6(5-9)8(11)12-2;1-2-6-4-7(3-1)5-6;1-5(2,3)7-4-6/h6H,3-5H2,1-2H3;1-4H,5H2;4H,1-3H3. The Balaban J connectivity index is 0.000000207. The summed E-state index contributed by atoms with van der Waals surface area (Å²) in [5, 5.41) is 0. The highest BCUT2D eigenvalue weighted by Crippen LogP contribution is 2.18. The first-order valence-corrected chi connectivity index (χ1v) is 8.64. The van der Waals surface area contributed by atoms with Crippen molar-refractivity contribution in [3.05, 3.63) is 35.4 Å². The zero-order valence-corrected chi connectivity index (χ0v) is 16.3. The number of methoxy groups -OCH3 is 1. The van der Waals surface area contributed by atoms with E-state index in [1.807, 2.05) is 32.7 Å². The molecule has 1 saturated heterocycles. The zero-order valence-electron chi connectivity index (χ0n) is 16.3. The highest BCUT2D eigenvalue weighted by Gasteiger charge is 2.31. The maximum Gasteiger partial charge on any atom is 0.317 e. The van der Waals surface area contributed by atoms with Crippen LogP contribution in [0.1, 0.15) is 38.3 Å². The predicted molar refractivity (Wildman–Crippen MR) is 98.8 cm³/mol. The summed E-state index contributed by atoms with van der Waals surface area (Å²) in [4.78, 5) is 33.8. The van der Waals surface area contributed by atoms with E-state index in [2.05, 4.69) is 33.7 Å². The third kappa shape index (κ3) is 7.78. The summed E-state index contributed by atoms with van der Waals surface area (Å²) in [6.45, 7) is 7.15. The highest BCUT2D eigenvalue weighted by atomic mass is 16.5. The number of carbonyl (C=O) groups is 3. The molecule has 1 aromatic rings. The Morgan fingerprint density at radius 3 is 2.15 bits per heavy atom. The van der Waals surface area contributed by atoms with Gasteiger partial charge in [-0.2, -0.15) is 0 Å². The SMILES string of the molecule is CC(C)(C)OC=O.COC(=O)C1CN(C)CCC1=O.c1cc2cc(c1)C2. The largest absolute Gasteiger partial charge is 0.468 e. The molecule has 1 unspecified atom stereocenters. The number of nitrogens with zero attached hydrogens (tertiary/aromatic N) is 1. The molecule has 6 nitrogen and oxygen atoms in total. The fourth-order valence-corrected chi connectivity index (χ4v) is 2.43. The Morgan fingerprint density at radius 1 is 1.27 bits per heavy atom. The van der Waals surface area contributed by atoms with Crippen molar-refractivity contribution in [2.45, 2.75) is 39.2 Å². The summed E-state index contributed by atoms with van der Waals surface area (Å²) in [5.41, 5.74) is 2.65. The van der Waals surface area contributed by atoms with Crippen LogP contribution in [0.3, 0.4) is 0 Å². The molecule has 2 bridgehead atoms. The number of esters is 1. The van der Waals surface area contributed by atoms with Gasteiger partial charge in [0.2, 0.25) is 0 Å². The molecule has 26 heavy (non-hydrogen) atoms. The number of ether oxygens (including phenoxy) is 2. The summed E-state index contributed by atoms with van der Waals surface area (Å²) < 4.78 is 9.07. The van der Waals surface area contributed by atoms with Crippen molar-refractivity contribution in [1.29, 1.82) is 0 Å². The van der Waals surface area contributed by atoms with Gasteiger partial charge in [0.25, 0.3) is 6.47 Å². The van der Waals surface area contributed by atoms with Crippen LogP contribution < -0.4 is 0 Å². The van der Waals surface area contributed by atoms with E-state index in [0.717, 1.165) is 6.54 Å². The molecule has 0 saturated carbocycles. The van der Waals surface area contributed by atoms with Gasteiger partial charge in [-0.25, -0.2) is 0 Å². The quantitative estimate of drug-likeness (QED) is 0.463. The molecule has 0 radical (unpaired) electrons. The molecule has 1 fully saturated rings. The van der Waals surface area contributed by atoms with Crippen LogP contribution in [0.25, 0.3) is 0 Å². The third-order valence-corrected chi connectivity index (χ3v) is 3.91. The van der Waals surface area contributed by atoms with Crippen LogP contribution in [-0.2, 0) is 30.3 Å². The molecular formula is C20H29NO5. The van der Waals surface area contributed by atoms with E-state index < -0.39 is 11.9 Å². The zero-order chi connectivity index (χ0) is 19.7. The molecule has 0 N–H and O–H groups in total. The molecule has 1 heterocycles. The molecule has 144 valence electrons. The lowest BCUT2D eigenvalue weighted by molar-refractivity contribution is -0.151. The number of carbonyl (C=O) groups excluding carboxylic acids is 3. The lowest BCUT2D eigenvalue weighted by atomic mass is 9.94. The normalized spacial score (nSPS) is 18.2. The van der Waals surface area contributed by atoms with Gasteiger partial charge in [-0.15, -0.1) is 0 Å². The van der Waals surface area contributed by atoms with Crippen LogP contribution in [0, 0.1) is 5.92 Å². The van der Waals surface area contributed by atoms with E-state index in [-0.39, 0.29) is 11.4 Å². The lowest BCUT2D eigenvalue weighted by Crippen LogP contribution is -2.42. The van der Waals surface area contributed by atoms with Gasteiger partial charge < -0.3 is 14.4 Å². The van der Waals surface area contributed by atoms with Crippen LogP contribution in [0.2, 0.25) is 0 Å². The molecule has 0 amide bonds. The van der Waals surface area contributed by atoms with Crippen molar-refractivity contribution in [2.24, 2.45) is 5.92 Å². The first kappa shape index (κ1) is 21.8. The minimum absolute atomic E-state index is 0.0000463. The molecule has 1 aliphatic heterocycles. The van der Waals surface area contributed by atoms with E-state index in [0.29, 0.717) is 19.4 Å². The van der Waals surface area contributed by atoms with Crippen molar-refractivity contribution >= 4 is 18.2 Å². The highest BCUT2D eigenvalue weighted by molar-refractivity contribution is 5.99. The third-order valence-electron chi connectivity index (χ3n) is 3.91. The number of hydrogen-bond donors (Lipinski definition) is 0. The van der Waals surface area contributed by atoms with Crippen LogP contribution in [0.5, 0.6) is 0 Å². The number of fused-ring (bicyclic) bond motifs is 2. The lowest BCUT2D eigenvalue weighted by Gasteiger charge is -2.26. The minimum Gasteiger partial charge on any atom is -0.468 e. The average Bonchev–Trinajstić information content (AvgIpc) is 2.56. The van der Waals surface area contributed by atoms with Crippen LogP contribution in [-0.4, -0.2) is 56.0 Å². The van der Waals surface area contributed by atoms with Gasteiger partial charge in [-0.3, -0.25) is 14.4 Å². The predicted octanol–water partition coefficient (Wildman–Crippen LogP) is 2.23. The molecule has 2 aliphatic carbocycles. The number of Topliss-reactive ketones (excluding diaryl/α,β-unsaturated/α-hetero) is 1. The summed E-state index contributed by atoms with van der Waals surface area (Å²) in [5.74, 6) is -0.972.